The molecule has 20 heavy (non-hydrogen) atoms. The average molecular weight is 287 g/mol. The van der Waals surface area contributed by atoms with Crippen LogP contribution in [0, 0.1) is 11.6 Å². The lowest BCUT2D eigenvalue weighted by Crippen LogP contribution is -2.35. The Morgan fingerprint density at radius 2 is 1.90 bits per heavy atom. The van der Waals surface area contributed by atoms with Gasteiger partial charge in [-0.05, 0) is 25.0 Å². The van der Waals surface area contributed by atoms with Crippen LogP contribution in [-0.4, -0.2) is 30.3 Å². The van der Waals surface area contributed by atoms with Crippen molar-refractivity contribution in [3.05, 3.63) is 29.3 Å². The number of anilines is 1. The van der Waals surface area contributed by atoms with E-state index in [1.165, 1.54) is 6.07 Å². The first-order valence-corrected chi connectivity index (χ1v) is 6.41. The Hall–Kier alpha value is -1.69. The van der Waals surface area contributed by atoms with Crippen LogP contribution < -0.4 is 5.32 Å². The van der Waals surface area contributed by atoms with Crippen molar-refractivity contribution in [1.29, 1.82) is 0 Å². The number of esters is 1. The highest BCUT2D eigenvalue weighted by Gasteiger charge is 2.24. The molecule has 0 saturated heterocycles. The summed E-state index contributed by atoms with van der Waals surface area (Å²) in [5, 5.41) is 12.7. The molecule has 0 unspecified atom stereocenters. The van der Waals surface area contributed by atoms with Crippen LogP contribution in [0.4, 0.5) is 14.5 Å². The quantitative estimate of drug-likeness (QED) is 0.790. The molecule has 1 aromatic rings. The molecular weight excluding hydrogens is 268 g/mol. The molecule has 0 heterocycles. The van der Waals surface area contributed by atoms with E-state index in [4.69, 9.17) is 0 Å². The first-order chi connectivity index (χ1) is 9.38. The van der Waals surface area contributed by atoms with Crippen molar-refractivity contribution >= 4 is 11.7 Å². The maximum absolute atomic E-state index is 13.8. The summed E-state index contributed by atoms with van der Waals surface area (Å²) in [5.41, 5.74) is -1.54. The standard InChI is InChI=1S/C14H19F2NO3/c1-4-14(19,5-2)8-17-10-7-6-9(13(18)20-3)11(15)12(10)16/h6-7,17,19H,4-5,8H2,1-3H3. The van der Waals surface area contributed by atoms with Gasteiger partial charge in [0.2, 0.25) is 0 Å². The maximum Gasteiger partial charge on any atom is 0.340 e. The molecule has 0 saturated carbocycles. The van der Waals surface area contributed by atoms with Crippen molar-refractivity contribution in [3.8, 4) is 0 Å². The van der Waals surface area contributed by atoms with Crippen molar-refractivity contribution in [3.63, 3.8) is 0 Å². The van der Waals surface area contributed by atoms with Crippen molar-refractivity contribution < 1.29 is 23.4 Å². The second-order valence-electron chi connectivity index (χ2n) is 4.57. The topological polar surface area (TPSA) is 58.6 Å². The average Bonchev–Trinajstić information content (AvgIpc) is 2.47. The maximum atomic E-state index is 13.8. The Morgan fingerprint density at radius 3 is 2.40 bits per heavy atom. The Balaban J connectivity index is 2.94. The number of halogens is 2. The fourth-order valence-electron chi connectivity index (χ4n) is 1.71. The number of ether oxygens (including phenoxy) is 1. The largest absolute Gasteiger partial charge is 0.465 e. The Kier molecular flexibility index (Phi) is 5.44. The number of rotatable bonds is 6. The Morgan fingerprint density at radius 1 is 1.30 bits per heavy atom. The highest BCUT2D eigenvalue weighted by Crippen LogP contribution is 2.23. The van der Waals surface area contributed by atoms with Crippen LogP contribution in [-0.2, 0) is 4.74 Å². The van der Waals surface area contributed by atoms with Crippen LogP contribution in [0.15, 0.2) is 12.1 Å². The summed E-state index contributed by atoms with van der Waals surface area (Å²) in [6, 6.07) is 2.39. The number of hydrogen-bond donors (Lipinski definition) is 2. The molecule has 112 valence electrons. The zero-order valence-electron chi connectivity index (χ0n) is 11.8. The van der Waals surface area contributed by atoms with E-state index < -0.39 is 28.8 Å². The van der Waals surface area contributed by atoms with E-state index in [-0.39, 0.29) is 12.2 Å². The molecule has 2 N–H and O–H groups in total. The molecule has 0 amide bonds. The highest BCUT2D eigenvalue weighted by atomic mass is 19.2. The van der Waals surface area contributed by atoms with Gasteiger partial charge in [-0.25, -0.2) is 13.6 Å². The van der Waals surface area contributed by atoms with Gasteiger partial charge in [-0.2, -0.15) is 0 Å². The first-order valence-electron chi connectivity index (χ1n) is 6.41. The van der Waals surface area contributed by atoms with Crippen LogP contribution in [0.2, 0.25) is 0 Å². The number of hydrogen-bond acceptors (Lipinski definition) is 4. The van der Waals surface area contributed by atoms with Gasteiger partial charge in [0.1, 0.15) is 0 Å². The summed E-state index contributed by atoms with van der Waals surface area (Å²) < 4.78 is 31.9. The van der Waals surface area contributed by atoms with Gasteiger partial charge in [-0.1, -0.05) is 13.8 Å². The summed E-state index contributed by atoms with van der Waals surface area (Å²) in [6.07, 6.45) is 0.974. The fraction of sp³-hybridized carbons (Fsp3) is 0.500. The van der Waals surface area contributed by atoms with Crippen LogP contribution in [0.5, 0.6) is 0 Å². The molecule has 0 fully saturated rings. The van der Waals surface area contributed by atoms with Crippen molar-refractivity contribution in [2.45, 2.75) is 32.3 Å². The summed E-state index contributed by atoms with van der Waals surface area (Å²) in [5.74, 6) is -3.37. The minimum atomic E-state index is -1.27. The normalized spacial score (nSPS) is 11.3. The first kappa shape index (κ1) is 16.4. The van der Waals surface area contributed by atoms with Gasteiger partial charge in [0.25, 0.3) is 0 Å². The van der Waals surface area contributed by atoms with E-state index in [9.17, 15) is 18.7 Å². The van der Waals surface area contributed by atoms with E-state index in [1.54, 1.807) is 0 Å². The van der Waals surface area contributed by atoms with Crippen LogP contribution in [0.1, 0.15) is 37.0 Å². The van der Waals surface area contributed by atoms with Crippen molar-refractivity contribution in [2.75, 3.05) is 19.0 Å². The Labute approximate surface area is 116 Å². The molecule has 4 nitrogen and oxygen atoms in total. The third kappa shape index (κ3) is 3.45. The summed E-state index contributed by atoms with van der Waals surface area (Å²) >= 11 is 0. The number of aliphatic hydroxyl groups is 1. The smallest absolute Gasteiger partial charge is 0.340 e. The lowest BCUT2D eigenvalue weighted by atomic mass is 9.97. The fourth-order valence-corrected chi connectivity index (χ4v) is 1.71. The van der Waals surface area contributed by atoms with Gasteiger partial charge in [-0.3, -0.25) is 0 Å². The molecule has 0 aliphatic rings. The summed E-state index contributed by atoms with van der Waals surface area (Å²) in [6.45, 7) is 3.71. The minimum Gasteiger partial charge on any atom is -0.465 e. The van der Waals surface area contributed by atoms with E-state index in [1.807, 2.05) is 13.8 Å². The second-order valence-corrected chi connectivity index (χ2v) is 4.57. The third-order valence-corrected chi connectivity index (χ3v) is 3.41. The molecule has 0 atom stereocenters. The predicted octanol–water partition coefficient (Wildman–Crippen LogP) is 2.71. The number of methoxy groups -OCH3 is 1. The predicted molar refractivity (Wildman–Crippen MR) is 71.7 cm³/mol. The molecule has 0 aliphatic heterocycles. The van der Waals surface area contributed by atoms with Crippen molar-refractivity contribution in [2.24, 2.45) is 0 Å². The third-order valence-electron chi connectivity index (χ3n) is 3.41. The van der Waals surface area contributed by atoms with E-state index >= 15 is 0 Å². The van der Waals surface area contributed by atoms with Crippen LogP contribution in [0.3, 0.4) is 0 Å². The number of nitrogens with one attached hydrogen (secondary N) is 1. The van der Waals surface area contributed by atoms with E-state index in [2.05, 4.69) is 10.1 Å². The van der Waals surface area contributed by atoms with Crippen LogP contribution >= 0.6 is 0 Å². The number of carbonyl (C=O) groups is 1. The molecule has 0 aromatic heterocycles. The van der Waals surface area contributed by atoms with Gasteiger partial charge in [-0.15, -0.1) is 0 Å². The second kappa shape index (κ2) is 6.65. The minimum absolute atomic E-state index is 0.0912. The van der Waals surface area contributed by atoms with Gasteiger partial charge in [0, 0.05) is 6.54 Å². The molecule has 0 radical (unpaired) electrons. The van der Waals surface area contributed by atoms with Gasteiger partial charge in [0.15, 0.2) is 11.6 Å². The molecule has 1 aromatic carbocycles. The summed E-state index contributed by atoms with van der Waals surface area (Å²) in [4.78, 5) is 11.2. The summed E-state index contributed by atoms with van der Waals surface area (Å²) in [7, 11) is 1.09. The van der Waals surface area contributed by atoms with E-state index in [0.29, 0.717) is 12.8 Å². The monoisotopic (exact) mass is 287 g/mol. The number of carbonyl (C=O) groups excluding carboxylic acids is 1. The lowest BCUT2D eigenvalue weighted by molar-refractivity contribution is 0.0456. The zero-order chi connectivity index (χ0) is 15.3. The Bertz CT molecular complexity index is 488. The molecule has 0 aliphatic carbocycles. The van der Waals surface area contributed by atoms with Crippen molar-refractivity contribution in [1.82, 2.24) is 0 Å². The van der Waals surface area contributed by atoms with Gasteiger partial charge in [0.05, 0.1) is 24.0 Å². The zero-order valence-corrected chi connectivity index (χ0v) is 11.8. The van der Waals surface area contributed by atoms with Gasteiger partial charge >= 0.3 is 5.97 Å². The molecular formula is C14H19F2NO3. The van der Waals surface area contributed by atoms with Crippen LogP contribution in [0.25, 0.3) is 0 Å². The molecule has 0 bridgehead atoms. The highest BCUT2D eigenvalue weighted by molar-refractivity contribution is 5.90. The van der Waals surface area contributed by atoms with E-state index in [0.717, 1.165) is 13.2 Å². The number of benzene rings is 1. The lowest BCUT2D eigenvalue weighted by Gasteiger charge is -2.26. The van der Waals surface area contributed by atoms with Gasteiger partial charge < -0.3 is 15.2 Å². The molecule has 0 spiro atoms. The molecule has 1 rings (SSSR count). The SMILES string of the molecule is CCC(O)(CC)CNc1ccc(C(=O)OC)c(F)c1F. The molecule has 6 heteroatoms.